The second-order valence-electron chi connectivity index (χ2n) is 6.53. The molecule has 0 saturated carbocycles. The summed E-state index contributed by atoms with van der Waals surface area (Å²) >= 11 is 0. The summed E-state index contributed by atoms with van der Waals surface area (Å²) in [4.78, 5) is 19.0. The molecule has 1 aliphatic rings. The van der Waals surface area contributed by atoms with Gasteiger partial charge in [0, 0.05) is 36.3 Å². The van der Waals surface area contributed by atoms with E-state index in [0.717, 1.165) is 29.3 Å². The molecule has 0 N–H and O–H groups in total. The Labute approximate surface area is 146 Å². The SMILES string of the molecule is O=C(c1ccccc1F)N1CCC[C@@H](c2cc3ccccc3cn2)C1. The van der Waals surface area contributed by atoms with Crippen LogP contribution in [0.5, 0.6) is 0 Å². The molecule has 1 fully saturated rings. The molecule has 2 aromatic carbocycles. The van der Waals surface area contributed by atoms with Gasteiger partial charge in [0.25, 0.3) is 5.91 Å². The first kappa shape index (κ1) is 15.8. The Kier molecular flexibility index (Phi) is 4.18. The molecule has 25 heavy (non-hydrogen) atoms. The maximum Gasteiger partial charge on any atom is 0.256 e. The molecule has 1 aromatic heterocycles. The number of halogens is 1. The number of amides is 1. The molecule has 0 aliphatic carbocycles. The third kappa shape index (κ3) is 3.12. The smallest absolute Gasteiger partial charge is 0.256 e. The predicted octanol–water partition coefficient (Wildman–Crippen LogP) is 4.39. The number of rotatable bonds is 2. The van der Waals surface area contributed by atoms with E-state index in [4.69, 9.17) is 0 Å². The molecule has 0 radical (unpaired) electrons. The maximum absolute atomic E-state index is 13.9. The normalized spacial score (nSPS) is 17.6. The number of pyridine rings is 1. The molecule has 0 spiro atoms. The van der Waals surface area contributed by atoms with Crippen molar-refractivity contribution in [3.63, 3.8) is 0 Å². The van der Waals surface area contributed by atoms with Gasteiger partial charge in [0.15, 0.2) is 0 Å². The molecule has 1 saturated heterocycles. The number of carbonyl (C=O) groups excluding carboxylic acids is 1. The molecular weight excluding hydrogens is 315 g/mol. The molecule has 4 rings (SSSR count). The van der Waals surface area contributed by atoms with Gasteiger partial charge in [0.05, 0.1) is 5.56 Å². The van der Waals surface area contributed by atoms with Gasteiger partial charge < -0.3 is 4.90 Å². The van der Waals surface area contributed by atoms with Crippen molar-refractivity contribution < 1.29 is 9.18 Å². The minimum atomic E-state index is -0.460. The number of hydrogen-bond acceptors (Lipinski definition) is 2. The Balaban J connectivity index is 1.58. The lowest BCUT2D eigenvalue weighted by molar-refractivity contribution is 0.0701. The van der Waals surface area contributed by atoms with Crippen molar-refractivity contribution in [2.45, 2.75) is 18.8 Å². The van der Waals surface area contributed by atoms with Crippen molar-refractivity contribution in [3.8, 4) is 0 Å². The molecule has 2 heterocycles. The summed E-state index contributed by atoms with van der Waals surface area (Å²) in [6.07, 6.45) is 3.79. The van der Waals surface area contributed by atoms with Crippen molar-refractivity contribution in [1.82, 2.24) is 9.88 Å². The number of hydrogen-bond donors (Lipinski definition) is 0. The zero-order chi connectivity index (χ0) is 17.2. The zero-order valence-electron chi connectivity index (χ0n) is 13.9. The van der Waals surface area contributed by atoms with Gasteiger partial charge in [-0.25, -0.2) is 4.39 Å². The zero-order valence-corrected chi connectivity index (χ0v) is 13.9. The highest BCUT2D eigenvalue weighted by Crippen LogP contribution is 2.28. The number of benzene rings is 2. The Morgan fingerprint density at radius 2 is 1.84 bits per heavy atom. The van der Waals surface area contributed by atoms with Gasteiger partial charge in [-0.1, -0.05) is 36.4 Å². The first-order chi connectivity index (χ1) is 12.2. The molecule has 1 atom stereocenters. The second kappa shape index (κ2) is 6.63. The molecule has 1 aliphatic heterocycles. The summed E-state index contributed by atoms with van der Waals surface area (Å²) < 4.78 is 13.9. The lowest BCUT2D eigenvalue weighted by Crippen LogP contribution is -2.39. The highest BCUT2D eigenvalue weighted by Gasteiger charge is 2.27. The molecule has 3 nitrogen and oxygen atoms in total. The van der Waals surface area contributed by atoms with E-state index in [-0.39, 0.29) is 17.4 Å². The Morgan fingerprint density at radius 1 is 1.08 bits per heavy atom. The standard InChI is InChI=1S/C21H19FN2O/c22-19-10-4-3-9-18(19)21(25)24-11-5-8-17(14-24)20-12-15-6-1-2-7-16(15)13-23-20/h1-4,6-7,9-10,12-13,17H,5,8,11,14H2/t17-/m1/s1. The van der Waals surface area contributed by atoms with Crippen molar-refractivity contribution in [1.29, 1.82) is 0 Å². The highest BCUT2D eigenvalue weighted by atomic mass is 19.1. The Hall–Kier alpha value is -2.75. The summed E-state index contributed by atoms with van der Waals surface area (Å²) in [5.41, 5.74) is 1.15. The van der Waals surface area contributed by atoms with Crippen LogP contribution in [0.4, 0.5) is 4.39 Å². The molecule has 0 unspecified atom stereocenters. The van der Waals surface area contributed by atoms with E-state index < -0.39 is 5.82 Å². The van der Waals surface area contributed by atoms with Crippen molar-refractivity contribution in [2.24, 2.45) is 0 Å². The first-order valence-corrected chi connectivity index (χ1v) is 8.61. The number of likely N-dealkylation sites (tertiary alicyclic amines) is 1. The summed E-state index contributed by atoms with van der Waals surface area (Å²) in [6, 6.07) is 16.4. The molecule has 0 bridgehead atoms. The minimum absolute atomic E-state index is 0.148. The third-order valence-electron chi connectivity index (χ3n) is 4.88. The van der Waals surface area contributed by atoms with Crippen LogP contribution in [-0.4, -0.2) is 28.9 Å². The maximum atomic E-state index is 13.9. The number of piperidine rings is 1. The van der Waals surface area contributed by atoms with Crippen molar-refractivity contribution in [3.05, 3.63) is 77.9 Å². The molecule has 1 amide bonds. The lowest BCUT2D eigenvalue weighted by atomic mass is 9.93. The molecule has 3 aromatic rings. The van der Waals surface area contributed by atoms with Crippen LogP contribution in [0.1, 0.15) is 34.8 Å². The monoisotopic (exact) mass is 334 g/mol. The predicted molar refractivity (Wildman–Crippen MR) is 96.0 cm³/mol. The van der Waals surface area contributed by atoms with Gasteiger partial charge in [0.1, 0.15) is 5.82 Å². The Morgan fingerprint density at radius 3 is 2.68 bits per heavy atom. The van der Waals surface area contributed by atoms with Crippen LogP contribution in [0.25, 0.3) is 10.8 Å². The average Bonchev–Trinajstić information content (AvgIpc) is 2.67. The number of fused-ring (bicyclic) bond motifs is 1. The molecular formula is C21H19FN2O. The lowest BCUT2D eigenvalue weighted by Gasteiger charge is -2.32. The van der Waals surface area contributed by atoms with Gasteiger partial charge >= 0.3 is 0 Å². The summed E-state index contributed by atoms with van der Waals surface area (Å²) in [5.74, 6) is -0.504. The van der Waals surface area contributed by atoms with Crippen LogP contribution in [0.15, 0.2) is 60.8 Å². The van der Waals surface area contributed by atoms with E-state index in [2.05, 4.69) is 17.1 Å². The van der Waals surface area contributed by atoms with E-state index in [1.165, 1.54) is 6.07 Å². The van der Waals surface area contributed by atoms with Crippen LogP contribution in [0, 0.1) is 5.82 Å². The van der Waals surface area contributed by atoms with E-state index in [1.54, 1.807) is 23.1 Å². The number of carbonyl (C=O) groups is 1. The highest BCUT2D eigenvalue weighted by molar-refractivity contribution is 5.94. The van der Waals surface area contributed by atoms with Crippen LogP contribution in [0.2, 0.25) is 0 Å². The quantitative estimate of drug-likeness (QED) is 0.696. The topological polar surface area (TPSA) is 33.2 Å². The molecule has 126 valence electrons. The fourth-order valence-corrected chi connectivity index (χ4v) is 3.53. The van der Waals surface area contributed by atoms with Crippen LogP contribution in [-0.2, 0) is 0 Å². The van der Waals surface area contributed by atoms with E-state index in [9.17, 15) is 9.18 Å². The molecule has 4 heteroatoms. The summed E-state index contributed by atoms with van der Waals surface area (Å²) in [6.45, 7) is 1.25. The van der Waals surface area contributed by atoms with Crippen LogP contribution in [0.3, 0.4) is 0 Å². The second-order valence-corrected chi connectivity index (χ2v) is 6.53. The summed E-state index contributed by atoms with van der Waals surface area (Å²) in [5, 5.41) is 2.27. The van der Waals surface area contributed by atoms with E-state index in [1.807, 2.05) is 24.4 Å². The largest absolute Gasteiger partial charge is 0.338 e. The van der Waals surface area contributed by atoms with Gasteiger partial charge in [0.2, 0.25) is 0 Å². The first-order valence-electron chi connectivity index (χ1n) is 8.61. The third-order valence-corrected chi connectivity index (χ3v) is 4.88. The van der Waals surface area contributed by atoms with Gasteiger partial charge in [-0.15, -0.1) is 0 Å². The van der Waals surface area contributed by atoms with Gasteiger partial charge in [-0.2, -0.15) is 0 Å². The minimum Gasteiger partial charge on any atom is -0.338 e. The Bertz CT molecular complexity index is 924. The van der Waals surface area contributed by atoms with Gasteiger partial charge in [-0.3, -0.25) is 9.78 Å². The van der Waals surface area contributed by atoms with Crippen LogP contribution >= 0.6 is 0 Å². The fraction of sp³-hybridized carbons (Fsp3) is 0.238. The summed E-state index contributed by atoms with van der Waals surface area (Å²) in [7, 11) is 0. The van der Waals surface area contributed by atoms with E-state index >= 15 is 0 Å². The number of aromatic nitrogens is 1. The van der Waals surface area contributed by atoms with E-state index in [0.29, 0.717) is 13.1 Å². The van der Waals surface area contributed by atoms with Crippen molar-refractivity contribution in [2.75, 3.05) is 13.1 Å². The van der Waals surface area contributed by atoms with Gasteiger partial charge in [-0.05, 0) is 36.4 Å². The fourth-order valence-electron chi connectivity index (χ4n) is 3.53. The van der Waals surface area contributed by atoms with Crippen molar-refractivity contribution >= 4 is 16.7 Å². The number of nitrogens with zero attached hydrogens (tertiary/aromatic N) is 2. The van der Waals surface area contributed by atoms with Crippen LogP contribution < -0.4 is 0 Å². The average molecular weight is 334 g/mol.